The van der Waals surface area contributed by atoms with E-state index in [2.05, 4.69) is 10.4 Å². The van der Waals surface area contributed by atoms with E-state index in [9.17, 15) is 22.8 Å². The van der Waals surface area contributed by atoms with Gasteiger partial charge >= 0.3 is 6.18 Å². The molecule has 0 aliphatic heterocycles. The maximum Gasteiger partial charge on any atom is 0.416 e. The van der Waals surface area contributed by atoms with Gasteiger partial charge in [-0.3, -0.25) is 9.59 Å². The van der Waals surface area contributed by atoms with Crippen LogP contribution in [0.1, 0.15) is 40.1 Å². The van der Waals surface area contributed by atoms with Crippen molar-refractivity contribution in [2.24, 2.45) is 0 Å². The highest BCUT2D eigenvalue weighted by atomic mass is 19.4. The van der Waals surface area contributed by atoms with Gasteiger partial charge in [-0.05, 0) is 55.3 Å². The number of carbonyl (C=O) groups excluding carboxylic acids is 1. The Morgan fingerprint density at radius 3 is 2.43 bits per heavy atom. The van der Waals surface area contributed by atoms with E-state index in [0.717, 1.165) is 16.8 Å². The molecule has 1 atom stereocenters. The van der Waals surface area contributed by atoms with Crippen molar-refractivity contribution >= 4 is 11.6 Å². The summed E-state index contributed by atoms with van der Waals surface area (Å²) in [6.45, 7) is 3.10. The van der Waals surface area contributed by atoms with Gasteiger partial charge in [-0.2, -0.15) is 23.0 Å². The lowest BCUT2D eigenvalue weighted by atomic mass is 10.0. The van der Waals surface area contributed by atoms with Gasteiger partial charge in [-0.15, -0.1) is 0 Å². The fourth-order valence-corrected chi connectivity index (χ4v) is 2.96. The van der Waals surface area contributed by atoms with Crippen molar-refractivity contribution < 1.29 is 18.0 Å². The van der Waals surface area contributed by atoms with Crippen LogP contribution in [-0.4, -0.2) is 15.7 Å². The highest BCUT2D eigenvalue weighted by Crippen LogP contribution is 2.32. The predicted molar refractivity (Wildman–Crippen MR) is 106 cm³/mol. The summed E-state index contributed by atoms with van der Waals surface area (Å²) in [4.78, 5) is 25.0. The van der Waals surface area contributed by atoms with Gasteiger partial charge in [-0.25, -0.2) is 0 Å². The number of anilines is 1. The van der Waals surface area contributed by atoms with Crippen LogP contribution in [0, 0.1) is 6.92 Å². The minimum atomic E-state index is -4.56. The fourth-order valence-electron chi connectivity index (χ4n) is 2.96. The summed E-state index contributed by atoms with van der Waals surface area (Å²) in [7, 11) is 0. The number of benzene rings is 2. The number of hydrogen-bond acceptors (Lipinski definition) is 4. The molecule has 0 fully saturated rings. The van der Waals surface area contributed by atoms with Crippen LogP contribution in [0.25, 0.3) is 5.69 Å². The van der Waals surface area contributed by atoms with Crippen molar-refractivity contribution in [1.82, 2.24) is 15.1 Å². The highest BCUT2D eigenvalue weighted by Gasteiger charge is 2.31. The molecule has 1 aromatic heterocycles. The first-order valence-electron chi connectivity index (χ1n) is 9.01. The summed E-state index contributed by atoms with van der Waals surface area (Å²) in [5.41, 5.74) is 5.25. The van der Waals surface area contributed by atoms with Gasteiger partial charge in [0.2, 0.25) is 0 Å². The third-order valence-electron chi connectivity index (χ3n) is 4.49. The predicted octanol–water partition coefficient (Wildman–Crippen LogP) is 3.63. The molecule has 9 heteroatoms. The number of halogens is 3. The molecule has 3 aromatic rings. The molecule has 156 valence electrons. The number of nitrogens with zero attached hydrogens (tertiary/aromatic N) is 2. The normalized spacial score (nSPS) is 12.4. The van der Waals surface area contributed by atoms with E-state index in [0.29, 0.717) is 11.3 Å². The number of aromatic nitrogens is 2. The molecule has 1 amide bonds. The average Bonchev–Trinajstić information content (AvgIpc) is 2.67. The molecule has 0 spiro atoms. The number of rotatable bonds is 4. The van der Waals surface area contributed by atoms with Gasteiger partial charge in [0.25, 0.3) is 11.5 Å². The zero-order chi connectivity index (χ0) is 22.1. The second-order valence-corrected chi connectivity index (χ2v) is 6.84. The van der Waals surface area contributed by atoms with E-state index >= 15 is 0 Å². The first-order chi connectivity index (χ1) is 14.1. The van der Waals surface area contributed by atoms with Crippen molar-refractivity contribution in [2.45, 2.75) is 26.1 Å². The molecule has 0 radical (unpaired) electrons. The molecule has 0 aliphatic carbocycles. The second kappa shape index (κ2) is 8.02. The number of para-hydroxylation sites is 1. The molecule has 0 saturated heterocycles. The Morgan fingerprint density at radius 1 is 1.13 bits per heavy atom. The van der Waals surface area contributed by atoms with Crippen LogP contribution in [0.15, 0.2) is 59.4 Å². The number of alkyl halides is 3. The van der Waals surface area contributed by atoms with E-state index in [-0.39, 0.29) is 16.9 Å². The molecule has 0 unspecified atom stereocenters. The topological polar surface area (TPSA) is 90.0 Å². The van der Waals surface area contributed by atoms with Crippen LogP contribution in [0.3, 0.4) is 0 Å². The Kier molecular flexibility index (Phi) is 5.64. The number of aryl methyl sites for hydroxylation is 1. The number of nitrogens with one attached hydrogen (secondary N) is 1. The van der Waals surface area contributed by atoms with Crippen molar-refractivity contribution in [3.63, 3.8) is 0 Å². The summed E-state index contributed by atoms with van der Waals surface area (Å²) in [5, 5.41) is 6.77. The third-order valence-corrected chi connectivity index (χ3v) is 4.49. The van der Waals surface area contributed by atoms with E-state index in [4.69, 9.17) is 5.73 Å². The Balaban J connectivity index is 1.91. The highest BCUT2D eigenvalue weighted by molar-refractivity contribution is 5.93. The molecule has 3 rings (SSSR count). The fraction of sp³-hybridized carbons (Fsp3) is 0.190. The quantitative estimate of drug-likeness (QED) is 0.636. The number of nitrogen functional groups attached to an aromatic ring is 1. The Morgan fingerprint density at radius 2 is 1.80 bits per heavy atom. The molecule has 0 bridgehead atoms. The first kappa shape index (κ1) is 21.1. The number of carbonyl (C=O) groups is 1. The van der Waals surface area contributed by atoms with Crippen molar-refractivity contribution in [3.05, 3.63) is 87.3 Å². The SMILES string of the molecule is Cc1cc(=O)n(-c2ccccc2)nc1C(=O)N[C@H](C)c1cc(N)cc(C(F)(F)F)c1. The maximum absolute atomic E-state index is 13.0. The Hall–Kier alpha value is -3.62. The zero-order valence-corrected chi connectivity index (χ0v) is 16.2. The minimum Gasteiger partial charge on any atom is -0.399 e. The summed E-state index contributed by atoms with van der Waals surface area (Å²) in [6.07, 6.45) is -4.56. The monoisotopic (exact) mass is 416 g/mol. The molecular weight excluding hydrogens is 397 g/mol. The van der Waals surface area contributed by atoms with Gasteiger partial charge in [0.15, 0.2) is 5.69 Å². The van der Waals surface area contributed by atoms with E-state index in [1.54, 1.807) is 37.3 Å². The lowest BCUT2D eigenvalue weighted by molar-refractivity contribution is -0.137. The van der Waals surface area contributed by atoms with Gasteiger partial charge in [-0.1, -0.05) is 18.2 Å². The van der Waals surface area contributed by atoms with Crippen LogP contribution in [0.5, 0.6) is 0 Å². The van der Waals surface area contributed by atoms with Crippen molar-refractivity contribution in [2.75, 3.05) is 5.73 Å². The van der Waals surface area contributed by atoms with Crippen molar-refractivity contribution in [1.29, 1.82) is 0 Å². The maximum atomic E-state index is 13.0. The summed E-state index contributed by atoms with van der Waals surface area (Å²) >= 11 is 0. The molecule has 0 aliphatic rings. The van der Waals surface area contributed by atoms with Crippen molar-refractivity contribution in [3.8, 4) is 5.69 Å². The zero-order valence-electron chi connectivity index (χ0n) is 16.2. The molecule has 1 heterocycles. The average molecular weight is 416 g/mol. The lowest BCUT2D eigenvalue weighted by Gasteiger charge is -2.18. The largest absolute Gasteiger partial charge is 0.416 e. The van der Waals surface area contributed by atoms with Crippen LogP contribution in [-0.2, 0) is 6.18 Å². The van der Waals surface area contributed by atoms with Gasteiger partial charge in [0.05, 0.1) is 17.3 Å². The molecule has 2 aromatic carbocycles. The Bertz CT molecular complexity index is 1140. The number of hydrogen-bond donors (Lipinski definition) is 2. The Labute approximate surface area is 170 Å². The summed E-state index contributed by atoms with van der Waals surface area (Å²) in [6, 6.07) is 12.2. The standard InChI is InChI=1S/C21H19F3N4O2/c1-12-8-18(29)28(17-6-4-3-5-7-17)27-19(12)20(30)26-13(2)14-9-15(21(22,23)24)11-16(25)10-14/h3-11,13H,25H2,1-2H3,(H,26,30)/t13-/m1/s1. The molecule has 0 saturated carbocycles. The summed E-state index contributed by atoms with van der Waals surface area (Å²) in [5.74, 6) is -0.624. The van der Waals surface area contributed by atoms with E-state index < -0.39 is 29.2 Å². The summed E-state index contributed by atoms with van der Waals surface area (Å²) < 4.78 is 40.2. The van der Waals surface area contributed by atoms with Crippen LogP contribution < -0.4 is 16.6 Å². The van der Waals surface area contributed by atoms with Crippen LogP contribution in [0.4, 0.5) is 18.9 Å². The molecule has 3 N–H and O–H groups in total. The first-order valence-corrected chi connectivity index (χ1v) is 9.01. The smallest absolute Gasteiger partial charge is 0.399 e. The van der Waals surface area contributed by atoms with Crippen LogP contribution >= 0.6 is 0 Å². The van der Waals surface area contributed by atoms with Crippen LogP contribution in [0.2, 0.25) is 0 Å². The molecular formula is C21H19F3N4O2. The molecule has 30 heavy (non-hydrogen) atoms. The van der Waals surface area contributed by atoms with Gasteiger partial charge < -0.3 is 11.1 Å². The lowest BCUT2D eigenvalue weighted by Crippen LogP contribution is -2.32. The number of nitrogens with two attached hydrogens (primary N) is 1. The van der Waals surface area contributed by atoms with E-state index in [1.807, 2.05) is 0 Å². The second-order valence-electron chi connectivity index (χ2n) is 6.84. The third kappa shape index (κ3) is 4.51. The van der Waals surface area contributed by atoms with Gasteiger partial charge in [0.1, 0.15) is 0 Å². The van der Waals surface area contributed by atoms with E-state index in [1.165, 1.54) is 19.1 Å². The van der Waals surface area contributed by atoms with Gasteiger partial charge in [0, 0.05) is 11.8 Å². The molecule has 6 nitrogen and oxygen atoms in total. The minimum absolute atomic E-state index is 0.00903. The number of amides is 1.